The number of rotatable bonds is 4. The molecule has 1 unspecified atom stereocenters. The Morgan fingerprint density at radius 3 is 2.72 bits per heavy atom. The minimum Gasteiger partial charge on any atom is -0.344 e. The fourth-order valence-corrected chi connectivity index (χ4v) is 5.77. The molecule has 7 heteroatoms. The van der Waals surface area contributed by atoms with Crippen LogP contribution in [0.3, 0.4) is 0 Å². The zero-order valence-electron chi connectivity index (χ0n) is 16.2. The molecule has 1 N–H and O–H groups in total. The SMILES string of the molecule is Cc1c(C(=O)NC(c2ccc(Br)cc2)C2CCC2)sc2nc3n(c(=O)c12)CCC3. The van der Waals surface area contributed by atoms with Crippen molar-refractivity contribution in [1.82, 2.24) is 14.9 Å². The number of hydrogen-bond donors (Lipinski definition) is 1. The topological polar surface area (TPSA) is 64.0 Å². The molecule has 29 heavy (non-hydrogen) atoms. The molecule has 0 saturated heterocycles. The van der Waals surface area contributed by atoms with E-state index < -0.39 is 0 Å². The van der Waals surface area contributed by atoms with E-state index in [2.05, 4.69) is 38.4 Å². The zero-order valence-corrected chi connectivity index (χ0v) is 18.6. The molecule has 150 valence electrons. The van der Waals surface area contributed by atoms with Crippen LogP contribution in [0.2, 0.25) is 0 Å². The number of aromatic nitrogens is 2. The van der Waals surface area contributed by atoms with E-state index in [-0.39, 0.29) is 17.5 Å². The van der Waals surface area contributed by atoms with Gasteiger partial charge in [-0.05, 0) is 55.4 Å². The first-order chi connectivity index (χ1) is 14.0. The fourth-order valence-electron chi connectivity index (χ4n) is 4.42. The molecular formula is C22H22BrN3O2S. The van der Waals surface area contributed by atoms with E-state index in [9.17, 15) is 9.59 Å². The van der Waals surface area contributed by atoms with Gasteiger partial charge in [0, 0.05) is 17.4 Å². The molecule has 1 fully saturated rings. The lowest BCUT2D eigenvalue weighted by atomic mass is 9.77. The molecule has 1 amide bonds. The number of carbonyl (C=O) groups excluding carboxylic acids is 1. The third-order valence-corrected chi connectivity index (χ3v) is 7.97. The van der Waals surface area contributed by atoms with Crippen molar-refractivity contribution in [1.29, 1.82) is 0 Å². The summed E-state index contributed by atoms with van der Waals surface area (Å²) >= 11 is 4.83. The molecule has 5 rings (SSSR count). The average molecular weight is 472 g/mol. The zero-order chi connectivity index (χ0) is 20.1. The number of nitrogens with one attached hydrogen (secondary N) is 1. The Bertz CT molecular complexity index is 1160. The van der Waals surface area contributed by atoms with Crippen molar-refractivity contribution < 1.29 is 4.79 Å². The van der Waals surface area contributed by atoms with Crippen molar-refractivity contribution in [2.75, 3.05) is 0 Å². The largest absolute Gasteiger partial charge is 0.344 e. The summed E-state index contributed by atoms with van der Waals surface area (Å²) < 4.78 is 2.79. The third kappa shape index (κ3) is 3.24. The molecule has 2 aliphatic rings. The Labute approximate surface area is 181 Å². The number of benzene rings is 1. The van der Waals surface area contributed by atoms with Crippen molar-refractivity contribution in [3.05, 3.63) is 60.9 Å². The Morgan fingerprint density at radius 1 is 1.28 bits per heavy atom. The van der Waals surface area contributed by atoms with Gasteiger partial charge in [0.2, 0.25) is 0 Å². The first-order valence-corrected chi connectivity index (χ1v) is 11.7. The van der Waals surface area contributed by atoms with Crippen LogP contribution in [0, 0.1) is 12.8 Å². The molecule has 0 radical (unpaired) electrons. The maximum absolute atomic E-state index is 13.2. The van der Waals surface area contributed by atoms with Crippen LogP contribution in [-0.4, -0.2) is 15.5 Å². The number of halogens is 1. The van der Waals surface area contributed by atoms with Crippen LogP contribution in [0.1, 0.15) is 58.3 Å². The Balaban J connectivity index is 1.50. The predicted octanol–water partition coefficient (Wildman–Crippen LogP) is 4.75. The van der Waals surface area contributed by atoms with Crippen LogP contribution in [-0.2, 0) is 13.0 Å². The minimum absolute atomic E-state index is 0.00116. The highest BCUT2D eigenvalue weighted by atomic mass is 79.9. The number of fused-ring (bicyclic) bond motifs is 2. The van der Waals surface area contributed by atoms with Crippen molar-refractivity contribution in [3.8, 4) is 0 Å². The van der Waals surface area contributed by atoms with Gasteiger partial charge in [-0.15, -0.1) is 11.3 Å². The van der Waals surface area contributed by atoms with E-state index in [0.29, 0.717) is 21.0 Å². The van der Waals surface area contributed by atoms with E-state index in [0.717, 1.165) is 53.7 Å². The summed E-state index contributed by atoms with van der Waals surface area (Å²) in [6, 6.07) is 8.18. The van der Waals surface area contributed by atoms with Crippen LogP contribution in [0.4, 0.5) is 0 Å². The molecule has 1 saturated carbocycles. The van der Waals surface area contributed by atoms with Crippen LogP contribution in [0.25, 0.3) is 10.2 Å². The summed E-state index contributed by atoms with van der Waals surface area (Å²) in [4.78, 5) is 32.1. The van der Waals surface area contributed by atoms with Gasteiger partial charge in [-0.1, -0.05) is 34.5 Å². The van der Waals surface area contributed by atoms with E-state index in [1.165, 1.54) is 17.8 Å². The maximum Gasteiger partial charge on any atom is 0.262 e. The summed E-state index contributed by atoms with van der Waals surface area (Å²) in [5, 5.41) is 3.88. The monoisotopic (exact) mass is 471 g/mol. The number of thiophene rings is 1. The summed E-state index contributed by atoms with van der Waals surface area (Å²) in [6.07, 6.45) is 5.25. The standard InChI is InChI=1S/C22H22BrN3O2S/c1-12-17-21(24-16-6-3-11-26(16)22(17)28)29-19(12)20(27)25-18(13-4-2-5-13)14-7-9-15(23)10-8-14/h7-10,13,18H,2-6,11H2,1H3,(H,25,27). The maximum atomic E-state index is 13.2. The first kappa shape index (κ1) is 19.0. The second-order valence-electron chi connectivity index (χ2n) is 8.02. The molecule has 1 atom stereocenters. The second-order valence-corrected chi connectivity index (χ2v) is 9.93. The number of aryl methyl sites for hydroxylation is 2. The normalized spacial score (nSPS) is 17.2. The molecule has 3 heterocycles. The fraction of sp³-hybridized carbons (Fsp3) is 0.409. The quantitative estimate of drug-likeness (QED) is 0.597. The summed E-state index contributed by atoms with van der Waals surface area (Å²) in [6.45, 7) is 2.60. The summed E-state index contributed by atoms with van der Waals surface area (Å²) in [7, 11) is 0. The number of carbonyl (C=O) groups is 1. The highest BCUT2D eigenvalue weighted by Crippen LogP contribution is 2.39. The lowest BCUT2D eigenvalue weighted by Gasteiger charge is -2.34. The molecule has 2 aromatic heterocycles. The predicted molar refractivity (Wildman–Crippen MR) is 119 cm³/mol. The summed E-state index contributed by atoms with van der Waals surface area (Å²) in [5.74, 6) is 1.20. The van der Waals surface area contributed by atoms with Crippen molar-refractivity contribution >= 4 is 43.4 Å². The van der Waals surface area contributed by atoms with Crippen LogP contribution in [0.5, 0.6) is 0 Å². The van der Waals surface area contributed by atoms with E-state index in [1.54, 1.807) is 4.57 Å². The second kappa shape index (κ2) is 7.36. The Morgan fingerprint density at radius 2 is 2.03 bits per heavy atom. The van der Waals surface area contributed by atoms with Gasteiger partial charge in [-0.3, -0.25) is 14.2 Å². The molecule has 1 aliphatic heterocycles. The molecule has 1 aromatic carbocycles. The van der Waals surface area contributed by atoms with Gasteiger partial charge >= 0.3 is 0 Å². The first-order valence-electron chi connectivity index (χ1n) is 10.1. The lowest BCUT2D eigenvalue weighted by molar-refractivity contribution is 0.0904. The van der Waals surface area contributed by atoms with Crippen molar-refractivity contribution in [2.24, 2.45) is 5.92 Å². The van der Waals surface area contributed by atoms with Gasteiger partial charge in [-0.2, -0.15) is 0 Å². The van der Waals surface area contributed by atoms with Crippen molar-refractivity contribution in [3.63, 3.8) is 0 Å². The molecule has 1 aliphatic carbocycles. The van der Waals surface area contributed by atoms with Gasteiger partial charge < -0.3 is 5.32 Å². The molecule has 0 spiro atoms. The molecule has 5 nitrogen and oxygen atoms in total. The Hall–Kier alpha value is -1.99. The molecule has 0 bridgehead atoms. The van der Waals surface area contributed by atoms with E-state index in [4.69, 9.17) is 0 Å². The highest BCUT2D eigenvalue weighted by molar-refractivity contribution is 9.10. The molecular weight excluding hydrogens is 450 g/mol. The molecule has 3 aromatic rings. The smallest absolute Gasteiger partial charge is 0.262 e. The Kier molecular flexibility index (Phi) is 4.82. The van der Waals surface area contributed by atoms with Gasteiger partial charge in [0.05, 0.1) is 16.3 Å². The lowest BCUT2D eigenvalue weighted by Crippen LogP contribution is -2.36. The van der Waals surface area contributed by atoms with Crippen LogP contribution in [0.15, 0.2) is 33.5 Å². The van der Waals surface area contributed by atoms with E-state index >= 15 is 0 Å². The summed E-state index contributed by atoms with van der Waals surface area (Å²) in [5.41, 5.74) is 1.88. The average Bonchev–Trinajstić information content (AvgIpc) is 3.25. The number of amides is 1. The highest BCUT2D eigenvalue weighted by Gasteiger charge is 2.31. The van der Waals surface area contributed by atoms with Gasteiger partial charge in [0.1, 0.15) is 10.7 Å². The van der Waals surface area contributed by atoms with Crippen molar-refractivity contribution in [2.45, 2.75) is 51.6 Å². The van der Waals surface area contributed by atoms with Crippen LogP contribution < -0.4 is 10.9 Å². The van der Waals surface area contributed by atoms with E-state index in [1.807, 2.05) is 19.1 Å². The number of hydrogen-bond acceptors (Lipinski definition) is 4. The van der Waals surface area contributed by atoms with Gasteiger partial charge in [-0.25, -0.2) is 4.98 Å². The van der Waals surface area contributed by atoms with Gasteiger partial charge in [0.25, 0.3) is 11.5 Å². The number of nitrogens with zero attached hydrogens (tertiary/aromatic N) is 2. The third-order valence-electron chi connectivity index (χ3n) is 6.25. The van der Waals surface area contributed by atoms with Crippen LogP contribution >= 0.6 is 27.3 Å². The minimum atomic E-state index is -0.102. The van der Waals surface area contributed by atoms with Gasteiger partial charge in [0.15, 0.2) is 0 Å².